The monoisotopic (exact) mass is 461 g/mol. The Balaban J connectivity index is 1.84. The number of aldehydes is 1. The molecule has 1 amide bonds. The lowest BCUT2D eigenvalue weighted by Gasteiger charge is -2.14. The number of hydrogen-bond acceptors (Lipinski definition) is 4. The van der Waals surface area contributed by atoms with Gasteiger partial charge in [0.15, 0.2) is 6.29 Å². The second-order valence-electron chi connectivity index (χ2n) is 6.98. The smallest absolute Gasteiger partial charge is 0.416 e. The van der Waals surface area contributed by atoms with Gasteiger partial charge >= 0.3 is 6.18 Å². The summed E-state index contributed by atoms with van der Waals surface area (Å²) in [7, 11) is 2.89. The molecule has 0 aliphatic heterocycles. The van der Waals surface area contributed by atoms with E-state index in [0.717, 1.165) is 6.07 Å². The molecule has 0 aromatic heterocycles. The van der Waals surface area contributed by atoms with Gasteiger partial charge in [0.1, 0.15) is 17.3 Å². The first-order chi connectivity index (χ1) is 15.7. The lowest BCUT2D eigenvalue weighted by atomic mass is 10.00. The number of carbonyl (C=O) groups is 2. The van der Waals surface area contributed by atoms with E-state index in [9.17, 15) is 27.2 Å². The Labute approximate surface area is 186 Å². The fourth-order valence-corrected chi connectivity index (χ4v) is 3.25. The number of amides is 1. The molecule has 33 heavy (non-hydrogen) atoms. The molecule has 0 atom stereocenters. The molecule has 3 aromatic rings. The molecule has 0 aliphatic rings. The summed E-state index contributed by atoms with van der Waals surface area (Å²) in [5, 5.41) is 2.49. The van der Waals surface area contributed by atoms with Crippen molar-refractivity contribution in [2.75, 3.05) is 14.2 Å². The highest BCUT2D eigenvalue weighted by molar-refractivity contribution is 5.94. The molecule has 0 aliphatic carbocycles. The highest BCUT2D eigenvalue weighted by Crippen LogP contribution is 2.31. The second kappa shape index (κ2) is 9.72. The molecule has 0 fully saturated rings. The van der Waals surface area contributed by atoms with Crippen LogP contribution in [-0.2, 0) is 12.7 Å². The molecular weight excluding hydrogens is 442 g/mol. The van der Waals surface area contributed by atoms with Crippen LogP contribution < -0.4 is 14.8 Å². The van der Waals surface area contributed by atoms with Crippen LogP contribution in [0.5, 0.6) is 11.5 Å². The number of alkyl halides is 3. The average molecular weight is 461 g/mol. The lowest BCUT2D eigenvalue weighted by molar-refractivity contribution is -0.137. The molecule has 0 saturated heterocycles. The van der Waals surface area contributed by atoms with Gasteiger partial charge in [-0.25, -0.2) is 4.39 Å². The SMILES string of the molecule is COc1ccc(-c2ccc(OC)c(CNC(=O)c3ccc(C(F)(F)F)cc3F)c2)cc1C=O. The van der Waals surface area contributed by atoms with E-state index in [0.29, 0.717) is 46.1 Å². The minimum atomic E-state index is -4.71. The summed E-state index contributed by atoms with van der Waals surface area (Å²) >= 11 is 0. The van der Waals surface area contributed by atoms with Gasteiger partial charge in [-0.1, -0.05) is 12.1 Å². The number of carbonyl (C=O) groups excluding carboxylic acids is 2. The highest BCUT2D eigenvalue weighted by atomic mass is 19.4. The molecule has 0 heterocycles. The van der Waals surface area contributed by atoms with Crippen molar-refractivity contribution < 1.29 is 36.6 Å². The van der Waals surface area contributed by atoms with Crippen LogP contribution in [-0.4, -0.2) is 26.4 Å². The normalized spacial score (nSPS) is 11.1. The molecule has 5 nitrogen and oxygen atoms in total. The van der Waals surface area contributed by atoms with Crippen LogP contribution in [0.1, 0.15) is 31.8 Å². The van der Waals surface area contributed by atoms with E-state index >= 15 is 0 Å². The van der Waals surface area contributed by atoms with Crippen molar-refractivity contribution in [2.24, 2.45) is 0 Å². The number of ether oxygens (including phenoxy) is 2. The van der Waals surface area contributed by atoms with Crippen molar-refractivity contribution in [3.8, 4) is 22.6 Å². The van der Waals surface area contributed by atoms with Crippen LogP contribution in [0.2, 0.25) is 0 Å². The number of hydrogen-bond donors (Lipinski definition) is 1. The standard InChI is InChI=1S/C24H19F4NO4/c1-32-21-7-3-14(15-4-8-22(33-2)17(10-15)13-30)9-16(21)12-29-23(31)19-6-5-18(11-20(19)25)24(26,27)28/h3-11,13H,12H2,1-2H3,(H,29,31). The number of nitrogens with one attached hydrogen (secondary N) is 1. The van der Waals surface area contributed by atoms with Gasteiger partial charge in [0.25, 0.3) is 5.91 Å². The van der Waals surface area contributed by atoms with E-state index in [1.165, 1.54) is 14.2 Å². The molecule has 172 valence electrons. The number of methoxy groups -OCH3 is 2. The molecule has 0 saturated carbocycles. The maximum Gasteiger partial charge on any atom is 0.416 e. The number of halogens is 4. The summed E-state index contributed by atoms with van der Waals surface area (Å²) in [4.78, 5) is 23.7. The third kappa shape index (κ3) is 5.31. The summed E-state index contributed by atoms with van der Waals surface area (Å²) in [5.41, 5.74) is 0.634. The average Bonchev–Trinajstić information content (AvgIpc) is 2.81. The van der Waals surface area contributed by atoms with Crippen LogP contribution in [0.15, 0.2) is 54.6 Å². The fraction of sp³-hybridized carbons (Fsp3) is 0.167. The maximum absolute atomic E-state index is 14.1. The van der Waals surface area contributed by atoms with Gasteiger partial charge in [-0.2, -0.15) is 13.2 Å². The molecule has 0 spiro atoms. The minimum Gasteiger partial charge on any atom is -0.496 e. The Morgan fingerprint density at radius 2 is 1.58 bits per heavy atom. The Morgan fingerprint density at radius 1 is 0.939 bits per heavy atom. The zero-order valence-electron chi connectivity index (χ0n) is 17.6. The first kappa shape index (κ1) is 23.8. The predicted molar refractivity (Wildman–Crippen MR) is 113 cm³/mol. The van der Waals surface area contributed by atoms with Gasteiger partial charge in [0.2, 0.25) is 0 Å². The van der Waals surface area contributed by atoms with Crippen LogP contribution in [0.4, 0.5) is 17.6 Å². The summed E-state index contributed by atoms with van der Waals surface area (Å²) in [6, 6.07) is 11.9. The Hall–Kier alpha value is -3.88. The summed E-state index contributed by atoms with van der Waals surface area (Å²) in [6.45, 7) is -0.0764. The van der Waals surface area contributed by atoms with Gasteiger partial charge in [0, 0.05) is 12.1 Å². The fourth-order valence-electron chi connectivity index (χ4n) is 3.25. The van der Waals surface area contributed by atoms with Gasteiger partial charge in [-0.05, 0) is 53.6 Å². The third-order valence-electron chi connectivity index (χ3n) is 4.95. The zero-order chi connectivity index (χ0) is 24.2. The first-order valence-electron chi connectivity index (χ1n) is 9.63. The van der Waals surface area contributed by atoms with E-state index < -0.39 is 29.0 Å². The van der Waals surface area contributed by atoms with Crippen molar-refractivity contribution in [1.29, 1.82) is 0 Å². The van der Waals surface area contributed by atoms with Gasteiger partial charge < -0.3 is 14.8 Å². The van der Waals surface area contributed by atoms with Crippen molar-refractivity contribution >= 4 is 12.2 Å². The van der Waals surface area contributed by atoms with Crippen molar-refractivity contribution in [3.05, 3.63) is 82.7 Å². The Kier molecular flexibility index (Phi) is 7.01. The van der Waals surface area contributed by atoms with Crippen molar-refractivity contribution in [2.45, 2.75) is 12.7 Å². The molecule has 0 bridgehead atoms. The van der Waals surface area contributed by atoms with Crippen LogP contribution >= 0.6 is 0 Å². The predicted octanol–water partition coefficient (Wildman–Crippen LogP) is 5.27. The van der Waals surface area contributed by atoms with E-state index in [-0.39, 0.29) is 12.6 Å². The van der Waals surface area contributed by atoms with Gasteiger partial charge in [-0.15, -0.1) is 0 Å². The third-order valence-corrected chi connectivity index (χ3v) is 4.95. The van der Waals surface area contributed by atoms with E-state index in [1.54, 1.807) is 36.4 Å². The summed E-state index contributed by atoms with van der Waals surface area (Å²) < 4.78 is 62.7. The van der Waals surface area contributed by atoms with Crippen LogP contribution in [0.3, 0.4) is 0 Å². The molecular formula is C24H19F4NO4. The Bertz CT molecular complexity index is 1190. The number of benzene rings is 3. The van der Waals surface area contributed by atoms with Gasteiger partial charge in [0.05, 0.1) is 30.9 Å². The van der Waals surface area contributed by atoms with Crippen molar-refractivity contribution in [3.63, 3.8) is 0 Å². The van der Waals surface area contributed by atoms with E-state index in [2.05, 4.69) is 5.32 Å². The minimum absolute atomic E-state index is 0.0764. The molecule has 0 radical (unpaired) electrons. The molecule has 0 unspecified atom stereocenters. The van der Waals surface area contributed by atoms with E-state index in [1.807, 2.05) is 0 Å². The van der Waals surface area contributed by atoms with Crippen molar-refractivity contribution in [1.82, 2.24) is 5.32 Å². The largest absolute Gasteiger partial charge is 0.496 e. The number of rotatable bonds is 7. The quantitative estimate of drug-likeness (QED) is 0.385. The molecule has 3 aromatic carbocycles. The van der Waals surface area contributed by atoms with Crippen LogP contribution in [0, 0.1) is 5.82 Å². The lowest BCUT2D eigenvalue weighted by Crippen LogP contribution is -2.24. The molecule has 1 N–H and O–H groups in total. The topological polar surface area (TPSA) is 64.6 Å². The Morgan fingerprint density at radius 3 is 2.15 bits per heavy atom. The summed E-state index contributed by atoms with van der Waals surface area (Å²) in [6.07, 6.45) is -4.04. The van der Waals surface area contributed by atoms with E-state index in [4.69, 9.17) is 9.47 Å². The molecule has 9 heteroatoms. The highest BCUT2D eigenvalue weighted by Gasteiger charge is 2.31. The second-order valence-corrected chi connectivity index (χ2v) is 6.98. The first-order valence-corrected chi connectivity index (χ1v) is 9.63. The maximum atomic E-state index is 14.1. The van der Waals surface area contributed by atoms with Gasteiger partial charge in [-0.3, -0.25) is 9.59 Å². The summed E-state index contributed by atoms with van der Waals surface area (Å²) in [5.74, 6) is -1.28. The zero-order valence-corrected chi connectivity index (χ0v) is 17.6. The van der Waals surface area contributed by atoms with Crippen LogP contribution in [0.25, 0.3) is 11.1 Å². The molecule has 3 rings (SSSR count).